The third-order valence-electron chi connectivity index (χ3n) is 12.6. The highest BCUT2D eigenvalue weighted by atomic mass is 19.1. The topological polar surface area (TPSA) is 183 Å². The zero-order valence-corrected chi connectivity index (χ0v) is 35.9. The average Bonchev–Trinajstić information content (AvgIpc) is 3.93. The third-order valence-corrected chi connectivity index (χ3v) is 12.6. The Morgan fingerprint density at radius 2 is 1.81 bits per heavy atom. The molecule has 0 radical (unpaired) electrons. The summed E-state index contributed by atoms with van der Waals surface area (Å²) in [6.07, 6.45) is 1.95. The summed E-state index contributed by atoms with van der Waals surface area (Å²) in [6.45, 7) is 17.0. The van der Waals surface area contributed by atoms with Crippen LogP contribution >= 0.6 is 0 Å². The van der Waals surface area contributed by atoms with Crippen molar-refractivity contribution in [1.82, 2.24) is 40.6 Å². The number of benzene rings is 3. The first-order chi connectivity index (χ1) is 29.5. The van der Waals surface area contributed by atoms with Gasteiger partial charge >= 0.3 is 0 Å². The number of halogens is 1. The number of imide groups is 1. The summed E-state index contributed by atoms with van der Waals surface area (Å²) in [5, 5.41) is 10.7. The van der Waals surface area contributed by atoms with Crippen molar-refractivity contribution in [2.45, 2.75) is 90.8 Å². The van der Waals surface area contributed by atoms with Crippen LogP contribution in [0.5, 0.6) is 0 Å². The highest BCUT2D eigenvalue weighted by molar-refractivity contribution is 6.14. The van der Waals surface area contributed by atoms with Gasteiger partial charge in [-0.1, -0.05) is 50.2 Å². The van der Waals surface area contributed by atoms with Crippen LogP contribution in [0.25, 0.3) is 33.2 Å². The molecule has 62 heavy (non-hydrogen) atoms. The number of carbonyl (C=O) groups is 4. The first-order valence-electron chi connectivity index (χ1n) is 21.0. The number of piperidine rings is 1. The van der Waals surface area contributed by atoms with Gasteiger partial charge < -0.3 is 19.7 Å². The zero-order valence-electron chi connectivity index (χ0n) is 35.9. The van der Waals surface area contributed by atoms with E-state index in [0.29, 0.717) is 40.3 Å². The quantitative estimate of drug-likeness (QED) is 0.150. The molecule has 0 saturated carbocycles. The van der Waals surface area contributed by atoms with E-state index < -0.39 is 40.5 Å². The van der Waals surface area contributed by atoms with Gasteiger partial charge in [0.2, 0.25) is 23.6 Å². The molecule has 2 atom stereocenters. The van der Waals surface area contributed by atoms with E-state index >= 15 is 4.39 Å². The van der Waals surface area contributed by atoms with Crippen LogP contribution in [0.2, 0.25) is 0 Å². The van der Waals surface area contributed by atoms with Crippen molar-refractivity contribution in [3.8, 4) is 11.3 Å². The molecule has 320 valence electrons. The number of carbonyl (C=O) groups excluding carboxylic acids is 4. The number of hydrogen-bond donors (Lipinski definition) is 3. The highest BCUT2D eigenvalue weighted by Gasteiger charge is 2.49. The molecule has 2 fully saturated rings. The molecule has 3 aliphatic rings. The van der Waals surface area contributed by atoms with Crippen LogP contribution in [0.1, 0.15) is 99.2 Å². The summed E-state index contributed by atoms with van der Waals surface area (Å²) in [4.78, 5) is 74.2. The number of aromatic nitrogens is 5. The van der Waals surface area contributed by atoms with Crippen molar-refractivity contribution >= 4 is 56.9 Å². The number of H-pyrrole nitrogens is 1. The minimum atomic E-state index is -0.800. The number of amides is 4. The van der Waals surface area contributed by atoms with E-state index in [0.717, 1.165) is 71.5 Å². The van der Waals surface area contributed by atoms with Crippen molar-refractivity contribution in [2.24, 2.45) is 0 Å². The Balaban J connectivity index is 0.887. The zero-order chi connectivity index (χ0) is 43.8. The number of piperazine rings is 1. The Labute approximate surface area is 357 Å². The van der Waals surface area contributed by atoms with Gasteiger partial charge in [0.15, 0.2) is 0 Å². The Morgan fingerprint density at radius 1 is 1.03 bits per heavy atom. The molecule has 3 N–H and O–H groups in total. The summed E-state index contributed by atoms with van der Waals surface area (Å²) in [7, 11) is 0. The fourth-order valence-electron chi connectivity index (χ4n) is 9.01. The van der Waals surface area contributed by atoms with Crippen molar-refractivity contribution < 1.29 is 28.1 Å². The lowest BCUT2D eigenvalue weighted by Crippen LogP contribution is -2.55. The summed E-state index contributed by atoms with van der Waals surface area (Å²) in [5.74, 6) is -1.55. The minimum absolute atomic E-state index is 0.0796. The molecule has 0 spiro atoms. The number of hydrogen-bond acceptors (Lipinski definition) is 11. The summed E-state index contributed by atoms with van der Waals surface area (Å²) < 4.78 is 21.6. The van der Waals surface area contributed by atoms with Crippen LogP contribution in [0.4, 0.5) is 15.8 Å². The SMILES string of the molecule is Cc1c([C@@H](C)NC(=O)c2noc(C(C)(C)C)n2)ccc(-c2ncnc3[nH]c4cc(N5CCN(Cc6ccc7c(c6)C(C)(C)C(=O)N7C6CCC(=O)NC6=O)CC5)ccc4c23)c1F. The molecule has 3 aliphatic heterocycles. The maximum Gasteiger partial charge on any atom is 0.293 e. The predicted molar refractivity (Wildman–Crippen MR) is 231 cm³/mol. The molecule has 2 saturated heterocycles. The number of anilines is 2. The molecule has 4 amide bonds. The molecule has 0 aliphatic carbocycles. The number of nitrogens with zero attached hydrogens (tertiary/aromatic N) is 7. The number of aromatic amines is 1. The lowest BCUT2D eigenvalue weighted by molar-refractivity contribution is -0.136. The normalized spacial score (nSPS) is 18.7. The summed E-state index contributed by atoms with van der Waals surface area (Å²) >= 11 is 0. The van der Waals surface area contributed by atoms with Gasteiger partial charge in [-0.15, -0.1) is 0 Å². The van der Waals surface area contributed by atoms with Crippen LogP contribution in [0.3, 0.4) is 0 Å². The summed E-state index contributed by atoms with van der Waals surface area (Å²) in [5.41, 5.74) is 5.83. The maximum absolute atomic E-state index is 16.4. The van der Waals surface area contributed by atoms with E-state index in [-0.39, 0.29) is 24.1 Å². The predicted octanol–water partition coefficient (Wildman–Crippen LogP) is 6.15. The van der Waals surface area contributed by atoms with Gasteiger partial charge in [0.25, 0.3) is 11.7 Å². The van der Waals surface area contributed by atoms with Gasteiger partial charge in [0, 0.05) is 72.4 Å². The minimum Gasteiger partial charge on any atom is -0.369 e. The fourth-order valence-corrected chi connectivity index (χ4v) is 9.01. The molecule has 6 heterocycles. The average molecular weight is 841 g/mol. The van der Waals surface area contributed by atoms with Crippen LogP contribution in [0, 0.1) is 12.7 Å². The van der Waals surface area contributed by atoms with E-state index in [9.17, 15) is 19.2 Å². The Hall–Kier alpha value is -6.55. The van der Waals surface area contributed by atoms with Crippen LogP contribution < -0.4 is 20.4 Å². The molecule has 15 nitrogen and oxygen atoms in total. The van der Waals surface area contributed by atoms with E-state index in [2.05, 4.69) is 63.7 Å². The van der Waals surface area contributed by atoms with E-state index in [1.54, 1.807) is 30.9 Å². The van der Waals surface area contributed by atoms with E-state index in [1.807, 2.05) is 52.8 Å². The molecule has 1 unspecified atom stereocenters. The number of nitrogens with one attached hydrogen (secondary N) is 3. The van der Waals surface area contributed by atoms with E-state index in [1.165, 1.54) is 6.33 Å². The lowest BCUT2D eigenvalue weighted by Gasteiger charge is -2.36. The Kier molecular flexibility index (Phi) is 9.95. The smallest absolute Gasteiger partial charge is 0.293 e. The van der Waals surface area contributed by atoms with Crippen molar-refractivity contribution in [2.75, 3.05) is 36.0 Å². The molecular weight excluding hydrogens is 792 g/mol. The molecule has 3 aromatic carbocycles. The van der Waals surface area contributed by atoms with Gasteiger partial charge in [-0.05, 0) is 80.6 Å². The molecule has 16 heteroatoms. The molecule has 3 aromatic heterocycles. The number of rotatable bonds is 8. The fraction of sp³-hybridized carbons (Fsp3) is 0.391. The molecule has 0 bridgehead atoms. The van der Waals surface area contributed by atoms with Gasteiger partial charge in [-0.25, -0.2) is 14.4 Å². The van der Waals surface area contributed by atoms with Gasteiger partial charge in [-0.3, -0.25) is 34.3 Å². The second kappa shape index (κ2) is 15.1. The van der Waals surface area contributed by atoms with Crippen molar-refractivity contribution in [3.63, 3.8) is 0 Å². The van der Waals surface area contributed by atoms with Crippen molar-refractivity contribution in [3.05, 3.63) is 94.6 Å². The number of fused-ring (bicyclic) bond motifs is 4. The van der Waals surface area contributed by atoms with Crippen LogP contribution in [0.15, 0.2) is 59.4 Å². The van der Waals surface area contributed by atoms with Gasteiger partial charge in [0.1, 0.15) is 23.8 Å². The standard InChI is InChI=1S/C46H49FN10O5/c1-24-28(25(2)50-42(60)40-53-43(62-54-40)45(3,4)5)11-12-30(37(24)47)38-36-29-10-9-27(21-32(29)51-39(36)49-23-48-38)56-18-16-55(17-19-56)22-26-8-13-33-31(20-26)46(6,7)44(61)57(33)34-14-15-35(58)52-41(34)59/h8-13,20-21,23,25,34H,14-19,22H2,1-7H3,(H,50,60)(H,48,49,51)(H,52,58,59)/t25-,34?/m1/s1. The van der Waals surface area contributed by atoms with E-state index in [4.69, 9.17) is 4.52 Å². The summed E-state index contributed by atoms with van der Waals surface area (Å²) in [6, 6.07) is 14.5. The molecule has 6 aromatic rings. The lowest BCUT2D eigenvalue weighted by atomic mass is 9.85. The van der Waals surface area contributed by atoms with Gasteiger partial charge in [-0.2, -0.15) is 4.98 Å². The first-order valence-corrected chi connectivity index (χ1v) is 21.0. The van der Waals surface area contributed by atoms with Crippen LogP contribution in [-0.2, 0) is 31.8 Å². The maximum atomic E-state index is 16.4. The van der Waals surface area contributed by atoms with Crippen molar-refractivity contribution in [1.29, 1.82) is 0 Å². The Bertz CT molecular complexity index is 2820. The third kappa shape index (κ3) is 7.05. The van der Waals surface area contributed by atoms with Crippen LogP contribution in [-0.4, -0.2) is 85.8 Å². The largest absolute Gasteiger partial charge is 0.369 e. The molecular formula is C46H49FN10O5. The highest BCUT2D eigenvalue weighted by Crippen LogP contribution is 2.44. The monoisotopic (exact) mass is 840 g/mol. The second-order valence-corrected chi connectivity index (χ2v) is 18.2. The second-order valence-electron chi connectivity index (χ2n) is 18.2. The first kappa shape index (κ1) is 40.8. The molecule has 9 rings (SSSR count). The Morgan fingerprint density at radius 3 is 2.53 bits per heavy atom. The van der Waals surface area contributed by atoms with Gasteiger partial charge in [0.05, 0.1) is 22.5 Å².